The Morgan fingerprint density at radius 1 is 0.892 bits per heavy atom. The molecule has 0 heterocycles. The summed E-state index contributed by atoms with van der Waals surface area (Å²) in [5.74, 6) is 1.86. The fourth-order valence-corrected chi connectivity index (χ4v) is 11.8. The predicted octanol–water partition coefficient (Wildman–Crippen LogP) is 5.51. The van der Waals surface area contributed by atoms with Gasteiger partial charge in [0.2, 0.25) is 0 Å². The molecule has 5 heteroatoms. The second-order valence-electron chi connectivity index (χ2n) is 14.9. The third-order valence-corrected chi connectivity index (χ3v) is 13.9. The Bertz CT molecular complexity index is 932. The van der Waals surface area contributed by atoms with E-state index in [1.807, 2.05) is 0 Å². The second kappa shape index (κ2) is 9.06. The fourth-order valence-electron chi connectivity index (χ4n) is 11.8. The van der Waals surface area contributed by atoms with Crippen molar-refractivity contribution >= 4 is 5.97 Å². The molecule has 5 fully saturated rings. The summed E-state index contributed by atoms with van der Waals surface area (Å²) >= 11 is 0. The van der Waals surface area contributed by atoms with Crippen LogP contribution in [-0.4, -0.2) is 47.2 Å². The molecule has 0 radical (unpaired) electrons. The van der Waals surface area contributed by atoms with Crippen molar-refractivity contribution in [1.82, 2.24) is 0 Å². The lowest BCUT2D eigenvalue weighted by atomic mass is 9.32. The SMILES string of the molecule is C=C(C)C1CC[C@]2(C(=O)OCCO)CC[C@]3(C)C(CCC4[C@@]5(C)CC[C@H](O)[C@@](C)(CO)C5CC[C@]43C)C12. The van der Waals surface area contributed by atoms with E-state index in [0.717, 1.165) is 64.2 Å². The maximum absolute atomic E-state index is 13.6. The Kier molecular flexibility index (Phi) is 6.77. The fraction of sp³-hybridized carbons (Fsp3) is 0.906. The monoisotopic (exact) mass is 516 g/mol. The van der Waals surface area contributed by atoms with Crippen molar-refractivity contribution in [2.24, 2.45) is 56.7 Å². The number of rotatable bonds is 5. The van der Waals surface area contributed by atoms with Crippen LogP contribution in [0.4, 0.5) is 0 Å². The minimum Gasteiger partial charge on any atom is -0.463 e. The third-order valence-electron chi connectivity index (χ3n) is 13.9. The quantitative estimate of drug-likeness (QED) is 0.331. The number of hydrogen-bond acceptors (Lipinski definition) is 5. The number of aliphatic hydroxyl groups is 3. The Hall–Kier alpha value is -0.910. The van der Waals surface area contributed by atoms with Gasteiger partial charge in [-0.25, -0.2) is 0 Å². The van der Waals surface area contributed by atoms with Crippen LogP contribution in [0.15, 0.2) is 12.2 Å². The highest BCUT2D eigenvalue weighted by Gasteiger charge is 2.72. The lowest BCUT2D eigenvalue weighted by Gasteiger charge is -2.72. The van der Waals surface area contributed by atoms with Gasteiger partial charge in [-0.3, -0.25) is 4.79 Å². The number of aliphatic hydroxyl groups excluding tert-OH is 3. The molecule has 5 saturated carbocycles. The normalized spacial score (nSPS) is 52.9. The third kappa shape index (κ3) is 3.48. The molecule has 37 heavy (non-hydrogen) atoms. The highest BCUT2D eigenvalue weighted by Crippen LogP contribution is 2.77. The molecule has 5 rings (SSSR count). The Morgan fingerprint density at radius 2 is 1.62 bits per heavy atom. The Balaban J connectivity index is 1.54. The maximum atomic E-state index is 13.6. The molecule has 0 aliphatic heterocycles. The summed E-state index contributed by atoms with van der Waals surface area (Å²) in [6, 6.07) is 0. The molecule has 5 aliphatic rings. The lowest BCUT2D eigenvalue weighted by Crippen LogP contribution is -2.67. The molecule has 0 aromatic heterocycles. The molecule has 11 atom stereocenters. The van der Waals surface area contributed by atoms with Crippen LogP contribution < -0.4 is 0 Å². The first-order chi connectivity index (χ1) is 17.4. The van der Waals surface area contributed by atoms with E-state index in [-0.39, 0.29) is 48.0 Å². The summed E-state index contributed by atoms with van der Waals surface area (Å²) in [6.07, 6.45) is 9.63. The first-order valence-electron chi connectivity index (χ1n) is 15.1. The lowest BCUT2D eigenvalue weighted by molar-refractivity contribution is -0.254. The summed E-state index contributed by atoms with van der Waals surface area (Å²) in [6.45, 7) is 16.3. The van der Waals surface area contributed by atoms with Gasteiger partial charge >= 0.3 is 5.97 Å². The zero-order valence-electron chi connectivity index (χ0n) is 24.0. The number of esters is 1. The largest absolute Gasteiger partial charge is 0.463 e. The highest BCUT2D eigenvalue weighted by atomic mass is 16.5. The van der Waals surface area contributed by atoms with Gasteiger partial charge in [0.15, 0.2) is 0 Å². The standard InChI is InChI=1S/C32H52O5/c1-20(2)21-9-14-32(27(36)37-18-17-33)16-15-30(5)22(26(21)32)7-8-24-28(3)12-11-25(35)29(4,19-34)23(28)10-13-31(24,30)6/h21-26,33-35H,1,7-19H2,2-6H3/t21?,22?,23?,24?,25-,26?,28-,29-,30+,31+,32-/m0/s1. The molecular formula is C32H52O5. The molecule has 0 spiro atoms. The Labute approximate surface area is 224 Å². The maximum Gasteiger partial charge on any atom is 0.312 e. The van der Waals surface area contributed by atoms with Gasteiger partial charge in [-0.15, -0.1) is 0 Å². The van der Waals surface area contributed by atoms with Gasteiger partial charge in [-0.2, -0.15) is 0 Å². The van der Waals surface area contributed by atoms with Gasteiger partial charge < -0.3 is 20.1 Å². The summed E-state index contributed by atoms with van der Waals surface area (Å²) in [4.78, 5) is 13.6. The van der Waals surface area contributed by atoms with Gasteiger partial charge in [0, 0.05) is 5.41 Å². The van der Waals surface area contributed by atoms with Gasteiger partial charge in [0.05, 0.1) is 24.7 Å². The van der Waals surface area contributed by atoms with Crippen molar-refractivity contribution in [3.8, 4) is 0 Å². The van der Waals surface area contributed by atoms with Crippen molar-refractivity contribution in [2.45, 2.75) is 105 Å². The smallest absolute Gasteiger partial charge is 0.312 e. The highest BCUT2D eigenvalue weighted by molar-refractivity contribution is 5.78. The van der Waals surface area contributed by atoms with Gasteiger partial charge in [0.1, 0.15) is 6.61 Å². The van der Waals surface area contributed by atoms with E-state index in [1.165, 1.54) is 5.57 Å². The van der Waals surface area contributed by atoms with E-state index >= 15 is 0 Å². The molecule has 0 aromatic rings. The first kappa shape index (κ1) is 27.6. The average molecular weight is 517 g/mol. The van der Waals surface area contributed by atoms with Crippen molar-refractivity contribution in [3.05, 3.63) is 12.2 Å². The average Bonchev–Trinajstić information content (AvgIpc) is 3.27. The van der Waals surface area contributed by atoms with Crippen LogP contribution in [0.5, 0.6) is 0 Å². The van der Waals surface area contributed by atoms with E-state index in [2.05, 4.69) is 41.2 Å². The van der Waals surface area contributed by atoms with Crippen molar-refractivity contribution < 1.29 is 24.9 Å². The van der Waals surface area contributed by atoms with Crippen molar-refractivity contribution in [2.75, 3.05) is 19.8 Å². The van der Waals surface area contributed by atoms with E-state index < -0.39 is 16.9 Å². The number of ether oxygens (including phenoxy) is 1. The molecule has 0 bridgehead atoms. The molecule has 0 saturated heterocycles. The predicted molar refractivity (Wildman–Crippen MR) is 144 cm³/mol. The number of hydrogen-bond donors (Lipinski definition) is 3. The zero-order chi connectivity index (χ0) is 27.0. The summed E-state index contributed by atoms with van der Waals surface area (Å²) in [5, 5.41) is 30.8. The van der Waals surface area contributed by atoms with Crippen molar-refractivity contribution in [3.63, 3.8) is 0 Å². The minimum absolute atomic E-state index is 0.0542. The van der Waals surface area contributed by atoms with Crippen LogP contribution in [0.1, 0.15) is 98.8 Å². The van der Waals surface area contributed by atoms with E-state index in [1.54, 1.807) is 0 Å². The molecule has 5 nitrogen and oxygen atoms in total. The van der Waals surface area contributed by atoms with Crippen LogP contribution >= 0.6 is 0 Å². The van der Waals surface area contributed by atoms with Crippen LogP contribution in [0.25, 0.3) is 0 Å². The summed E-state index contributed by atoms with van der Waals surface area (Å²) in [5.41, 5.74) is 0.713. The molecule has 5 aliphatic carbocycles. The first-order valence-corrected chi connectivity index (χ1v) is 15.1. The van der Waals surface area contributed by atoms with Crippen LogP contribution in [-0.2, 0) is 9.53 Å². The topological polar surface area (TPSA) is 87.0 Å². The van der Waals surface area contributed by atoms with E-state index in [9.17, 15) is 20.1 Å². The molecular weight excluding hydrogens is 464 g/mol. The van der Waals surface area contributed by atoms with Crippen LogP contribution in [0.3, 0.4) is 0 Å². The van der Waals surface area contributed by atoms with Gasteiger partial charge in [-0.05, 0) is 117 Å². The van der Waals surface area contributed by atoms with E-state index in [4.69, 9.17) is 4.74 Å². The van der Waals surface area contributed by atoms with E-state index in [0.29, 0.717) is 23.7 Å². The Morgan fingerprint density at radius 3 is 2.27 bits per heavy atom. The number of carbonyl (C=O) groups excluding carboxylic acids is 1. The number of allylic oxidation sites excluding steroid dienone is 1. The van der Waals surface area contributed by atoms with Crippen LogP contribution in [0.2, 0.25) is 0 Å². The molecule has 0 amide bonds. The van der Waals surface area contributed by atoms with Gasteiger partial charge in [0.25, 0.3) is 0 Å². The molecule has 0 aromatic carbocycles. The minimum atomic E-state index is -0.447. The molecule has 210 valence electrons. The van der Waals surface area contributed by atoms with Crippen molar-refractivity contribution in [1.29, 1.82) is 0 Å². The molecule has 3 N–H and O–H groups in total. The number of carbonyl (C=O) groups is 1. The van der Waals surface area contributed by atoms with Crippen LogP contribution in [0, 0.1) is 56.7 Å². The van der Waals surface area contributed by atoms with Gasteiger partial charge in [-0.1, -0.05) is 39.8 Å². The molecule has 5 unspecified atom stereocenters. The summed E-state index contributed by atoms with van der Waals surface area (Å²) < 4.78 is 5.67. The number of fused-ring (bicyclic) bond motifs is 7. The summed E-state index contributed by atoms with van der Waals surface area (Å²) in [7, 11) is 0. The zero-order valence-corrected chi connectivity index (χ0v) is 24.0. The second-order valence-corrected chi connectivity index (χ2v) is 14.9.